The molecule has 0 bridgehead atoms. The molecule has 0 amide bonds. The van der Waals surface area contributed by atoms with E-state index in [-0.39, 0.29) is 18.6 Å². The number of halogens is 1. The summed E-state index contributed by atoms with van der Waals surface area (Å²) in [4.78, 5) is 23.9. The molecule has 0 aliphatic carbocycles. The van der Waals surface area contributed by atoms with Gasteiger partial charge in [-0.2, -0.15) is 0 Å². The van der Waals surface area contributed by atoms with E-state index in [0.717, 1.165) is 25.1 Å². The van der Waals surface area contributed by atoms with Crippen LogP contribution in [0.1, 0.15) is 24.3 Å². The second-order valence-electron chi connectivity index (χ2n) is 8.45. The Morgan fingerprint density at radius 1 is 1.29 bits per heavy atom. The average Bonchev–Trinajstić information content (AvgIpc) is 3.04. The van der Waals surface area contributed by atoms with Gasteiger partial charge in [0.2, 0.25) is 5.95 Å². The van der Waals surface area contributed by atoms with Crippen LogP contribution in [0.2, 0.25) is 5.02 Å². The van der Waals surface area contributed by atoms with Gasteiger partial charge in [-0.25, -0.2) is 9.55 Å². The number of aliphatic hydroxyl groups is 2. The number of quaternary nitrogens is 1. The molecule has 1 aromatic carbocycles. The zero-order valence-corrected chi connectivity index (χ0v) is 19.5. The maximum Gasteiger partial charge on any atom is 0.268 e. The molecule has 3 atom stereocenters. The number of hydrogen-bond donors (Lipinski definition) is 3. The van der Waals surface area contributed by atoms with Crippen LogP contribution >= 0.6 is 22.9 Å². The molecule has 4 rings (SSSR count). The first-order valence-electron chi connectivity index (χ1n) is 10.5. The predicted molar refractivity (Wildman–Crippen MR) is 125 cm³/mol. The summed E-state index contributed by atoms with van der Waals surface area (Å²) < 4.78 is 1.57. The lowest BCUT2D eigenvalue weighted by molar-refractivity contribution is -0.895. The van der Waals surface area contributed by atoms with Gasteiger partial charge in [0.05, 0.1) is 41.8 Å². The zero-order chi connectivity index (χ0) is 22.3. The lowest BCUT2D eigenvalue weighted by atomic mass is 10.1. The maximum atomic E-state index is 13.9. The van der Waals surface area contributed by atoms with Gasteiger partial charge in [0.1, 0.15) is 11.4 Å². The van der Waals surface area contributed by atoms with Crippen LogP contribution in [0.5, 0.6) is 0 Å². The second-order valence-corrected chi connectivity index (χ2v) is 9.97. The monoisotopic (exact) mass is 463 g/mol. The fourth-order valence-electron chi connectivity index (χ4n) is 4.18. The molecule has 0 spiro atoms. The van der Waals surface area contributed by atoms with Crippen LogP contribution in [0.25, 0.3) is 15.9 Å². The standard InChI is InChI=1S/C22H27ClN4O3S/c1-13(28)10-26(11-14(2)29)22-24-20-19(17-7-8-25(3)12-18(17)31-20)21(30)27(22)16-6-4-5-15(23)9-16/h4-6,9,13-14,28-29H,7-8,10-12H2,1-3H3/p+1/t13-,14+. The summed E-state index contributed by atoms with van der Waals surface area (Å²) in [6.45, 7) is 5.69. The number of likely N-dealkylation sites (N-methyl/N-ethyl adjacent to an activating group) is 1. The average molecular weight is 464 g/mol. The molecule has 0 fully saturated rings. The Balaban J connectivity index is 2.01. The molecule has 3 aromatic rings. The van der Waals surface area contributed by atoms with Crippen molar-refractivity contribution in [2.24, 2.45) is 0 Å². The topological polar surface area (TPSA) is 83.0 Å². The van der Waals surface area contributed by atoms with Crippen LogP contribution in [0, 0.1) is 0 Å². The van der Waals surface area contributed by atoms with Gasteiger partial charge in [0.15, 0.2) is 0 Å². The Morgan fingerprint density at radius 3 is 2.65 bits per heavy atom. The van der Waals surface area contributed by atoms with E-state index >= 15 is 0 Å². The third-order valence-electron chi connectivity index (χ3n) is 5.47. The van der Waals surface area contributed by atoms with Gasteiger partial charge in [0.25, 0.3) is 5.56 Å². The number of thiophene rings is 1. The molecule has 166 valence electrons. The molecular weight excluding hydrogens is 436 g/mol. The molecule has 9 heteroatoms. The van der Waals surface area contributed by atoms with Crippen molar-refractivity contribution >= 4 is 39.1 Å². The quantitative estimate of drug-likeness (QED) is 0.512. The van der Waals surface area contributed by atoms with Crippen LogP contribution in [0.15, 0.2) is 29.1 Å². The Labute approximate surface area is 190 Å². The highest BCUT2D eigenvalue weighted by Crippen LogP contribution is 2.32. The number of fused-ring (bicyclic) bond motifs is 3. The smallest absolute Gasteiger partial charge is 0.268 e. The summed E-state index contributed by atoms with van der Waals surface area (Å²) in [7, 11) is 2.16. The summed E-state index contributed by atoms with van der Waals surface area (Å²) in [6.07, 6.45) is -0.473. The van der Waals surface area contributed by atoms with Crippen molar-refractivity contribution in [3.8, 4) is 5.69 Å². The number of rotatable bonds is 6. The Morgan fingerprint density at radius 2 is 2.00 bits per heavy atom. The maximum absolute atomic E-state index is 13.9. The van der Waals surface area contributed by atoms with Gasteiger partial charge in [0, 0.05) is 24.5 Å². The molecule has 1 unspecified atom stereocenters. The van der Waals surface area contributed by atoms with Crippen molar-refractivity contribution in [3.05, 3.63) is 50.1 Å². The fourth-order valence-corrected chi connectivity index (χ4v) is 5.69. The van der Waals surface area contributed by atoms with E-state index < -0.39 is 12.2 Å². The van der Waals surface area contributed by atoms with E-state index in [4.69, 9.17) is 16.6 Å². The Hall–Kier alpha value is -1.97. The van der Waals surface area contributed by atoms with E-state index in [9.17, 15) is 15.0 Å². The van der Waals surface area contributed by atoms with Crippen LogP contribution < -0.4 is 15.4 Å². The first-order chi connectivity index (χ1) is 14.7. The van der Waals surface area contributed by atoms with Crippen molar-refractivity contribution < 1.29 is 15.1 Å². The lowest BCUT2D eigenvalue weighted by Gasteiger charge is -2.28. The number of benzene rings is 1. The molecule has 2 aromatic heterocycles. The van der Waals surface area contributed by atoms with Crippen LogP contribution in [0.3, 0.4) is 0 Å². The van der Waals surface area contributed by atoms with Crippen molar-refractivity contribution in [1.29, 1.82) is 0 Å². The molecule has 0 radical (unpaired) electrons. The third-order valence-corrected chi connectivity index (χ3v) is 6.83. The van der Waals surface area contributed by atoms with Gasteiger partial charge in [-0.3, -0.25) is 4.79 Å². The summed E-state index contributed by atoms with van der Waals surface area (Å²) in [5, 5.41) is 21.4. The fraction of sp³-hybridized carbons (Fsp3) is 0.455. The highest BCUT2D eigenvalue weighted by Gasteiger charge is 2.28. The predicted octanol–water partition coefficient (Wildman–Crippen LogP) is 1.24. The zero-order valence-electron chi connectivity index (χ0n) is 17.9. The first kappa shape index (κ1) is 22.2. The van der Waals surface area contributed by atoms with Gasteiger partial charge >= 0.3 is 0 Å². The Kier molecular flexibility index (Phi) is 6.37. The first-order valence-corrected chi connectivity index (χ1v) is 11.7. The van der Waals surface area contributed by atoms with Crippen molar-refractivity contribution in [2.75, 3.05) is 31.6 Å². The molecule has 3 N–H and O–H groups in total. The third kappa shape index (κ3) is 4.49. The molecule has 3 heterocycles. The van der Waals surface area contributed by atoms with E-state index in [2.05, 4.69) is 7.05 Å². The molecule has 0 saturated carbocycles. The van der Waals surface area contributed by atoms with Gasteiger partial charge in [-0.15, -0.1) is 11.3 Å². The number of hydrogen-bond acceptors (Lipinski definition) is 6. The molecule has 0 saturated heterocycles. The molecule has 31 heavy (non-hydrogen) atoms. The number of aromatic nitrogens is 2. The molecule has 1 aliphatic heterocycles. The highest BCUT2D eigenvalue weighted by molar-refractivity contribution is 7.18. The number of nitrogens with one attached hydrogen (secondary N) is 1. The van der Waals surface area contributed by atoms with E-state index in [1.807, 2.05) is 6.07 Å². The van der Waals surface area contributed by atoms with E-state index in [0.29, 0.717) is 26.9 Å². The molecule has 7 nitrogen and oxygen atoms in total. The van der Waals surface area contributed by atoms with Crippen LogP contribution in [0.4, 0.5) is 5.95 Å². The Bertz CT molecular complexity index is 1150. The second kappa shape index (κ2) is 8.88. The lowest BCUT2D eigenvalue weighted by Crippen LogP contribution is -3.08. The molecule has 1 aliphatic rings. The van der Waals surface area contributed by atoms with Crippen molar-refractivity contribution in [1.82, 2.24) is 9.55 Å². The summed E-state index contributed by atoms with van der Waals surface area (Å²) in [6, 6.07) is 7.12. The highest BCUT2D eigenvalue weighted by atomic mass is 35.5. The van der Waals surface area contributed by atoms with Crippen LogP contribution in [-0.2, 0) is 13.0 Å². The van der Waals surface area contributed by atoms with E-state index in [1.54, 1.807) is 52.9 Å². The number of nitrogens with zero attached hydrogens (tertiary/aromatic N) is 3. The van der Waals surface area contributed by atoms with Crippen molar-refractivity contribution in [3.63, 3.8) is 0 Å². The van der Waals surface area contributed by atoms with Crippen LogP contribution in [-0.4, -0.2) is 58.7 Å². The summed E-state index contributed by atoms with van der Waals surface area (Å²) in [5.74, 6) is 0.404. The minimum absolute atomic E-state index is 0.138. The van der Waals surface area contributed by atoms with E-state index in [1.165, 1.54) is 9.78 Å². The number of anilines is 1. The SMILES string of the molecule is C[C@H](O)CN(C[C@@H](C)O)c1nc2sc3c(c2c(=O)n1-c1cccc(Cl)c1)CC[NH+](C)C3. The summed E-state index contributed by atoms with van der Waals surface area (Å²) >= 11 is 7.82. The minimum Gasteiger partial charge on any atom is -0.392 e. The van der Waals surface area contributed by atoms with Crippen molar-refractivity contribution in [2.45, 2.75) is 39.0 Å². The number of aliphatic hydroxyl groups excluding tert-OH is 2. The van der Waals surface area contributed by atoms with Gasteiger partial charge in [-0.1, -0.05) is 17.7 Å². The minimum atomic E-state index is -0.659. The van der Waals surface area contributed by atoms with Gasteiger partial charge < -0.3 is 20.0 Å². The summed E-state index contributed by atoms with van der Waals surface area (Å²) in [5.41, 5.74) is 1.57. The van der Waals surface area contributed by atoms with Gasteiger partial charge in [-0.05, 0) is 37.6 Å². The normalized spacial score (nSPS) is 18.1. The largest absolute Gasteiger partial charge is 0.392 e. The molecular formula is C22H28ClN4O3S+.